The molecule has 14 heavy (non-hydrogen) atoms. The van der Waals surface area contributed by atoms with Crippen molar-refractivity contribution in [1.29, 1.82) is 0 Å². The topological polar surface area (TPSA) is 41.8 Å². The minimum Gasteiger partial charge on any atom is -0.481 e. The number of halogens is 1. The average molecular weight is 212 g/mol. The Kier molecular flexibility index (Phi) is 1.93. The van der Waals surface area contributed by atoms with E-state index in [0.29, 0.717) is 16.5 Å². The van der Waals surface area contributed by atoms with Crippen LogP contribution in [-0.4, -0.2) is 16.5 Å². The Labute approximate surface area is 86.9 Å². The zero-order valence-corrected chi connectivity index (χ0v) is 8.67. The Morgan fingerprint density at radius 2 is 2.14 bits per heavy atom. The molecule has 1 aliphatic heterocycles. The zero-order valence-electron chi connectivity index (χ0n) is 7.91. The van der Waals surface area contributed by atoms with Crippen molar-refractivity contribution in [3.63, 3.8) is 0 Å². The van der Waals surface area contributed by atoms with Crippen LogP contribution in [0.15, 0.2) is 23.4 Å². The van der Waals surface area contributed by atoms with Crippen LogP contribution in [0.4, 0.5) is 0 Å². The van der Waals surface area contributed by atoms with Crippen molar-refractivity contribution in [3.8, 4) is 5.75 Å². The third kappa shape index (κ3) is 1.24. The van der Waals surface area contributed by atoms with Gasteiger partial charge in [-0.2, -0.15) is 0 Å². The van der Waals surface area contributed by atoms with Gasteiger partial charge in [0.2, 0.25) is 0 Å². The van der Waals surface area contributed by atoms with E-state index in [-0.39, 0.29) is 0 Å². The number of oxime groups is 1. The molecule has 1 aliphatic rings. The first kappa shape index (κ1) is 9.34. The second-order valence-corrected chi connectivity index (χ2v) is 4.14. The van der Waals surface area contributed by atoms with Crippen LogP contribution in [0.1, 0.15) is 19.4 Å². The van der Waals surface area contributed by atoms with E-state index in [1.165, 1.54) is 0 Å². The third-order valence-corrected chi connectivity index (χ3v) is 2.47. The summed E-state index contributed by atoms with van der Waals surface area (Å²) in [4.78, 5) is 0. The molecule has 0 amide bonds. The van der Waals surface area contributed by atoms with Gasteiger partial charge in [0.15, 0.2) is 0 Å². The van der Waals surface area contributed by atoms with Gasteiger partial charge in [0.25, 0.3) is 0 Å². The predicted molar refractivity (Wildman–Crippen MR) is 54.5 cm³/mol. The van der Waals surface area contributed by atoms with Crippen LogP contribution < -0.4 is 4.74 Å². The van der Waals surface area contributed by atoms with E-state index in [1.807, 2.05) is 13.8 Å². The molecule has 0 bridgehead atoms. The van der Waals surface area contributed by atoms with E-state index in [9.17, 15) is 0 Å². The van der Waals surface area contributed by atoms with Gasteiger partial charge in [0, 0.05) is 10.6 Å². The summed E-state index contributed by atoms with van der Waals surface area (Å²) in [6.45, 7) is 3.69. The molecule has 1 aromatic carbocycles. The molecule has 0 spiro atoms. The lowest BCUT2D eigenvalue weighted by Gasteiger charge is -2.17. The Morgan fingerprint density at radius 3 is 2.79 bits per heavy atom. The SMILES string of the molecule is CC1(C)Oc2ccc(Cl)cc2/C1=N/O. The standard InChI is InChI=1S/C10H10ClNO2/c1-10(2)9(12-13)7-5-6(11)3-4-8(7)14-10/h3-5,13H,1-2H3/b12-9-. The molecule has 0 atom stereocenters. The molecule has 0 aromatic heterocycles. The van der Waals surface area contributed by atoms with Gasteiger partial charge in [-0.05, 0) is 32.0 Å². The van der Waals surface area contributed by atoms with Crippen molar-refractivity contribution in [2.75, 3.05) is 0 Å². The molecule has 3 nitrogen and oxygen atoms in total. The van der Waals surface area contributed by atoms with E-state index in [4.69, 9.17) is 21.5 Å². The fourth-order valence-electron chi connectivity index (χ4n) is 1.60. The summed E-state index contributed by atoms with van der Waals surface area (Å²) in [5.74, 6) is 0.701. The highest BCUT2D eigenvalue weighted by Crippen LogP contribution is 2.36. The van der Waals surface area contributed by atoms with Crippen LogP contribution in [-0.2, 0) is 0 Å². The van der Waals surface area contributed by atoms with Crippen molar-refractivity contribution < 1.29 is 9.94 Å². The first-order valence-corrected chi connectivity index (χ1v) is 4.64. The van der Waals surface area contributed by atoms with Gasteiger partial charge in [-0.3, -0.25) is 0 Å². The molecule has 1 aromatic rings. The maximum absolute atomic E-state index is 8.90. The van der Waals surface area contributed by atoms with Crippen molar-refractivity contribution in [2.24, 2.45) is 5.16 Å². The summed E-state index contributed by atoms with van der Waals surface area (Å²) in [5, 5.41) is 12.8. The maximum atomic E-state index is 8.90. The van der Waals surface area contributed by atoms with Crippen LogP contribution in [0.5, 0.6) is 5.75 Å². The predicted octanol–water partition coefficient (Wildman–Crippen LogP) is 2.69. The monoisotopic (exact) mass is 211 g/mol. The van der Waals surface area contributed by atoms with Crippen LogP contribution in [0.2, 0.25) is 5.02 Å². The minimum atomic E-state index is -0.595. The summed E-state index contributed by atoms with van der Waals surface area (Å²) < 4.78 is 5.60. The minimum absolute atomic E-state index is 0.509. The Morgan fingerprint density at radius 1 is 1.43 bits per heavy atom. The highest BCUT2D eigenvalue weighted by Gasteiger charge is 2.38. The second-order valence-electron chi connectivity index (χ2n) is 3.70. The summed E-state index contributed by atoms with van der Waals surface area (Å²) in [7, 11) is 0. The molecule has 0 aliphatic carbocycles. The molecule has 0 fully saturated rings. The number of fused-ring (bicyclic) bond motifs is 1. The smallest absolute Gasteiger partial charge is 0.149 e. The molecule has 0 saturated carbocycles. The van der Waals surface area contributed by atoms with Gasteiger partial charge in [-0.25, -0.2) is 0 Å². The van der Waals surface area contributed by atoms with Gasteiger partial charge >= 0.3 is 0 Å². The molecule has 74 valence electrons. The molecule has 1 N–H and O–H groups in total. The first-order valence-electron chi connectivity index (χ1n) is 4.26. The number of nitrogens with zero attached hydrogens (tertiary/aromatic N) is 1. The molecule has 0 radical (unpaired) electrons. The Hall–Kier alpha value is -1.22. The second kappa shape index (κ2) is 2.89. The maximum Gasteiger partial charge on any atom is 0.149 e. The largest absolute Gasteiger partial charge is 0.481 e. The van der Waals surface area contributed by atoms with Crippen molar-refractivity contribution >= 4 is 17.3 Å². The summed E-state index contributed by atoms with van der Waals surface area (Å²) >= 11 is 5.85. The number of ether oxygens (including phenoxy) is 1. The van der Waals surface area contributed by atoms with Gasteiger partial charge < -0.3 is 9.94 Å². The fraction of sp³-hybridized carbons (Fsp3) is 0.300. The Balaban J connectivity index is 2.61. The zero-order chi connectivity index (χ0) is 10.3. The molecular weight excluding hydrogens is 202 g/mol. The molecule has 1 heterocycles. The lowest BCUT2D eigenvalue weighted by atomic mass is 9.99. The van der Waals surface area contributed by atoms with Crippen LogP contribution in [0.25, 0.3) is 0 Å². The van der Waals surface area contributed by atoms with Gasteiger partial charge in [-0.1, -0.05) is 16.8 Å². The van der Waals surface area contributed by atoms with Crippen molar-refractivity contribution in [2.45, 2.75) is 19.4 Å². The van der Waals surface area contributed by atoms with Crippen molar-refractivity contribution in [1.82, 2.24) is 0 Å². The van der Waals surface area contributed by atoms with Gasteiger partial charge in [0.1, 0.15) is 17.1 Å². The van der Waals surface area contributed by atoms with Gasteiger partial charge in [-0.15, -0.1) is 0 Å². The third-order valence-electron chi connectivity index (χ3n) is 2.23. The van der Waals surface area contributed by atoms with Gasteiger partial charge in [0.05, 0.1) is 0 Å². The number of benzene rings is 1. The lowest BCUT2D eigenvalue weighted by Crippen LogP contribution is -2.32. The van der Waals surface area contributed by atoms with Crippen LogP contribution in [0.3, 0.4) is 0 Å². The lowest BCUT2D eigenvalue weighted by molar-refractivity contribution is 0.191. The number of hydrogen-bond donors (Lipinski definition) is 1. The molecule has 0 saturated heterocycles. The number of rotatable bonds is 0. The van der Waals surface area contributed by atoms with E-state index < -0.39 is 5.60 Å². The quantitative estimate of drug-likeness (QED) is 0.530. The van der Waals surface area contributed by atoms with Crippen molar-refractivity contribution in [3.05, 3.63) is 28.8 Å². The average Bonchev–Trinajstić information content (AvgIpc) is 2.34. The van der Waals surface area contributed by atoms with Crippen LogP contribution >= 0.6 is 11.6 Å². The number of hydrogen-bond acceptors (Lipinski definition) is 3. The highest BCUT2D eigenvalue weighted by molar-refractivity contribution is 6.31. The highest BCUT2D eigenvalue weighted by atomic mass is 35.5. The summed E-state index contributed by atoms with van der Waals surface area (Å²) in [5.41, 5.74) is 0.668. The van der Waals surface area contributed by atoms with E-state index in [2.05, 4.69) is 5.16 Å². The molecule has 4 heteroatoms. The molecule has 2 rings (SSSR count). The fourth-order valence-corrected chi connectivity index (χ4v) is 1.77. The van der Waals surface area contributed by atoms with Crippen LogP contribution in [0, 0.1) is 0 Å². The Bertz CT molecular complexity index is 413. The van der Waals surface area contributed by atoms with E-state index in [0.717, 1.165) is 5.56 Å². The van der Waals surface area contributed by atoms with E-state index >= 15 is 0 Å². The molecule has 0 unspecified atom stereocenters. The summed E-state index contributed by atoms with van der Waals surface area (Å²) in [6, 6.07) is 5.26. The van der Waals surface area contributed by atoms with E-state index in [1.54, 1.807) is 18.2 Å². The normalized spacial score (nSPS) is 20.6. The molecular formula is C10H10ClNO2. The first-order chi connectivity index (χ1) is 6.54. The summed E-state index contributed by atoms with van der Waals surface area (Å²) in [6.07, 6.45) is 0.